The van der Waals surface area contributed by atoms with Crippen molar-refractivity contribution >= 4 is 15.9 Å². The molecule has 76 valence electrons. The van der Waals surface area contributed by atoms with Crippen molar-refractivity contribution in [1.29, 1.82) is 0 Å². The lowest BCUT2D eigenvalue weighted by atomic mass is 9.82. The van der Waals surface area contributed by atoms with Crippen molar-refractivity contribution in [3.63, 3.8) is 0 Å². The summed E-state index contributed by atoms with van der Waals surface area (Å²) in [7, 11) is 0. The van der Waals surface area contributed by atoms with Crippen LogP contribution < -0.4 is 5.32 Å². The molecule has 1 aliphatic rings. The Morgan fingerprint density at radius 3 is 2.86 bits per heavy atom. The van der Waals surface area contributed by atoms with Crippen molar-refractivity contribution in [2.45, 2.75) is 32.4 Å². The van der Waals surface area contributed by atoms with E-state index in [2.05, 4.69) is 39.2 Å². The van der Waals surface area contributed by atoms with Crippen LogP contribution in [0.15, 0.2) is 22.8 Å². The first-order chi connectivity index (χ1) is 6.74. The van der Waals surface area contributed by atoms with Crippen molar-refractivity contribution in [3.05, 3.63) is 28.5 Å². The van der Waals surface area contributed by atoms with Gasteiger partial charge in [-0.05, 0) is 46.8 Å². The summed E-state index contributed by atoms with van der Waals surface area (Å²) < 4.78 is 1.04. The van der Waals surface area contributed by atoms with Crippen LogP contribution in [0.4, 0.5) is 0 Å². The number of halogens is 1. The lowest BCUT2D eigenvalue weighted by molar-refractivity contribution is 0.239. The number of nitrogens with zero attached hydrogens (tertiary/aromatic N) is 1. The number of hydrogen-bond acceptors (Lipinski definition) is 2. The van der Waals surface area contributed by atoms with Gasteiger partial charge in [-0.3, -0.25) is 4.98 Å². The molecule has 1 fully saturated rings. The summed E-state index contributed by atoms with van der Waals surface area (Å²) in [4.78, 5) is 4.32. The van der Waals surface area contributed by atoms with E-state index >= 15 is 0 Å². The molecule has 14 heavy (non-hydrogen) atoms. The first-order valence-corrected chi connectivity index (χ1v) is 5.87. The van der Waals surface area contributed by atoms with Crippen molar-refractivity contribution in [2.24, 2.45) is 5.92 Å². The molecular formula is C11H15BrN2. The van der Waals surface area contributed by atoms with Crippen LogP contribution in [0.5, 0.6) is 0 Å². The third-order valence-corrected chi connectivity index (χ3v) is 3.20. The summed E-state index contributed by atoms with van der Waals surface area (Å²) in [6, 6.07) is 4.81. The highest BCUT2D eigenvalue weighted by Gasteiger charge is 2.24. The van der Waals surface area contributed by atoms with Gasteiger partial charge < -0.3 is 5.32 Å². The van der Waals surface area contributed by atoms with E-state index in [1.165, 1.54) is 12.8 Å². The monoisotopic (exact) mass is 254 g/mol. The molecule has 1 heterocycles. The van der Waals surface area contributed by atoms with Crippen LogP contribution in [0, 0.1) is 5.92 Å². The Balaban J connectivity index is 1.78. The molecule has 2 rings (SSSR count). The third kappa shape index (κ3) is 2.55. The van der Waals surface area contributed by atoms with Gasteiger partial charge >= 0.3 is 0 Å². The standard InChI is InChI=1S/C11H15BrN2/c1-8-4-11(5-8)14-7-10-3-2-9(12)6-13-10/h2-3,6,8,11,14H,4-5,7H2,1H3. The van der Waals surface area contributed by atoms with Gasteiger partial charge in [-0.15, -0.1) is 0 Å². The van der Waals surface area contributed by atoms with Gasteiger partial charge in [-0.25, -0.2) is 0 Å². The highest BCUT2D eigenvalue weighted by Crippen LogP contribution is 2.26. The molecule has 0 radical (unpaired) electrons. The summed E-state index contributed by atoms with van der Waals surface area (Å²) in [5.74, 6) is 0.908. The fraction of sp³-hybridized carbons (Fsp3) is 0.545. The lowest BCUT2D eigenvalue weighted by Crippen LogP contribution is -2.39. The van der Waals surface area contributed by atoms with Crippen molar-refractivity contribution in [2.75, 3.05) is 0 Å². The van der Waals surface area contributed by atoms with Crippen LogP contribution in [0.3, 0.4) is 0 Å². The Kier molecular flexibility index (Phi) is 3.19. The molecule has 0 aromatic carbocycles. The van der Waals surface area contributed by atoms with Crippen LogP contribution in [-0.4, -0.2) is 11.0 Å². The molecule has 1 aromatic rings. The van der Waals surface area contributed by atoms with E-state index in [0.717, 1.165) is 28.7 Å². The number of nitrogens with one attached hydrogen (secondary N) is 1. The molecule has 0 unspecified atom stereocenters. The Morgan fingerprint density at radius 1 is 1.50 bits per heavy atom. The van der Waals surface area contributed by atoms with Gasteiger partial charge in [0.1, 0.15) is 0 Å². The number of aromatic nitrogens is 1. The van der Waals surface area contributed by atoms with E-state index in [0.29, 0.717) is 0 Å². The summed E-state index contributed by atoms with van der Waals surface area (Å²) in [5.41, 5.74) is 1.12. The zero-order valence-corrected chi connectivity index (χ0v) is 9.92. The minimum atomic E-state index is 0.718. The van der Waals surface area contributed by atoms with Gasteiger partial charge in [0.05, 0.1) is 5.69 Å². The first kappa shape index (κ1) is 10.1. The molecule has 1 saturated carbocycles. The SMILES string of the molecule is CC1CC(NCc2ccc(Br)cn2)C1. The average Bonchev–Trinajstić information content (AvgIpc) is 2.13. The van der Waals surface area contributed by atoms with E-state index in [1.54, 1.807) is 0 Å². The van der Waals surface area contributed by atoms with E-state index < -0.39 is 0 Å². The lowest BCUT2D eigenvalue weighted by Gasteiger charge is -2.33. The molecule has 1 N–H and O–H groups in total. The van der Waals surface area contributed by atoms with Gasteiger partial charge in [0.15, 0.2) is 0 Å². The quantitative estimate of drug-likeness (QED) is 0.898. The van der Waals surface area contributed by atoms with Gasteiger partial charge in [-0.2, -0.15) is 0 Å². The fourth-order valence-electron chi connectivity index (χ4n) is 1.83. The van der Waals surface area contributed by atoms with Crippen LogP contribution in [0.1, 0.15) is 25.5 Å². The number of hydrogen-bond donors (Lipinski definition) is 1. The zero-order chi connectivity index (χ0) is 9.97. The summed E-state index contributed by atoms with van der Waals surface area (Å²) >= 11 is 3.38. The molecule has 0 saturated heterocycles. The maximum absolute atomic E-state index is 4.32. The Bertz CT molecular complexity index is 291. The first-order valence-electron chi connectivity index (χ1n) is 5.08. The van der Waals surface area contributed by atoms with Crippen molar-refractivity contribution in [3.8, 4) is 0 Å². The minimum absolute atomic E-state index is 0.718. The topological polar surface area (TPSA) is 24.9 Å². The van der Waals surface area contributed by atoms with Gasteiger partial charge in [0, 0.05) is 23.3 Å². The molecule has 0 amide bonds. The van der Waals surface area contributed by atoms with Crippen LogP contribution in [-0.2, 0) is 6.54 Å². The van der Waals surface area contributed by atoms with E-state index in [1.807, 2.05) is 12.3 Å². The third-order valence-electron chi connectivity index (χ3n) is 2.73. The fourth-order valence-corrected chi connectivity index (χ4v) is 2.06. The molecule has 0 spiro atoms. The normalized spacial score (nSPS) is 25.9. The molecular weight excluding hydrogens is 240 g/mol. The van der Waals surface area contributed by atoms with Crippen LogP contribution in [0.25, 0.3) is 0 Å². The predicted octanol–water partition coefficient (Wildman–Crippen LogP) is 2.73. The second-order valence-corrected chi connectivity index (χ2v) is 5.04. The highest BCUT2D eigenvalue weighted by molar-refractivity contribution is 9.10. The molecule has 3 heteroatoms. The Morgan fingerprint density at radius 2 is 2.29 bits per heavy atom. The number of rotatable bonds is 3. The van der Waals surface area contributed by atoms with Crippen LogP contribution in [0.2, 0.25) is 0 Å². The molecule has 0 atom stereocenters. The maximum Gasteiger partial charge on any atom is 0.0542 e. The van der Waals surface area contributed by atoms with E-state index in [-0.39, 0.29) is 0 Å². The Hall–Kier alpha value is -0.410. The van der Waals surface area contributed by atoms with Crippen molar-refractivity contribution in [1.82, 2.24) is 10.3 Å². The summed E-state index contributed by atoms with van der Waals surface area (Å²) in [5, 5.41) is 3.51. The van der Waals surface area contributed by atoms with Gasteiger partial charge in [0.25, 0.3) is 0 Å². The molecule has 0 bridgehead atoms. The number of pyridine rings is 1. The van der Waals surface area contributed by atoms with E-state index in [4.69, 9.17) is 0 Å². The smallest absolute Gasteiger partial charge is 0.0542 e. The second-order valence-electron chi connectivity index (χ2n) is 4.12. The Labute approximate surface area is 93.3 Å². The molecule has 0 aliphatic heterocycles. The summed E-state index contributed by atoms with van der Waals surface area (Å²) in [6.45, 7) is 3.20. The zero-order valence-electron chi connectivity index (χ0n) is 8.33. The second kappa shape index (κ2) is 4.41. The minimum Gasteiger partial charge on any atom is -0.308 e. The molecule has 1 aliphatic carbocycles. The molecule has 1 aromatic heterocycles. The molecule has 2 nitrogen and oxygen atoms in total. The van der Waals surface area contributed by atoms with Crippen molar-refractivity contribution < 1.29 is 0 Å². The van der Waals surface area contributed by atoms with Gasteiger partial charge in [0.2, 0.25) is 0 Å². The van der Waals surface area contributed by atoms with Crippen LogP contribution >= 0.6 is 15.9 Å². The predicted molar refractivity (Wildman–Crippen MR) is 61.0 cm³/mol. The highest BCUT2D eigenvalue weighted by atomic mass is 79.9. The van der Waals surface area contributed by atoms with Gasteiger partial charge in [-0.1, -0.05) is 6.92 Å². The van der Waals surface area contributed by atoms with E-state index in [9.17, 15) is 0 Å². The average molecular weight is 255 g/mol. The largest absolute Gasteiger partial charge is 0.308 e. The summed E-state index contributed by atoms with van der Waals surface area (Å²) in [6.07, 6.45) is 4.48. The maximum atomic E-state index is 4.32.